The summed E-state index contributed by atoms with van der Waals surface area (Å²) in [5, 5.41) is 4.43. The minimum absolute atomic E-state index is 0.288. The van der Waals surface area contributed by atoms with Gasteiger partial charge in [-0.05, 0) is 58.5 Å². The number of benzene rings is 2. The van der Waals surface area contributed by atoms with E-state index in [2.05, 4.69) is 33.1 Å². The third-order valence-electron chi connectivity index (χ3n) is 2.34. The fourth-order valence-electron chi connectivity index (χ4n) is 1.41. The quantitative estimate of drug-likeness (QED) is 0.489. The number of hydrogen-bond donors (Lipinski definition) is 1. The molecule has 0 aliphatic rings. The van der Waals surface area contributed by atoms with Crippen molar-refractivity contribution in [2.45, 2.75) is 0 Å². The lowest BCUT2D eigenvalue weighted by molar-refractivity contribution is 0.0955. The van der Waals surface area contributed by atoms with Crippen LogP contribution in [-0.2, 0) is 0 Å². The Labute approximate surface area is 129 Å². The Morgan fingerprint density at radius 3 is 2.63 bits per heavy atom. The topological polar surface area (TPSA) is 41.5 Å². The molecule has 1 amide bonds. The highest BCUT2D eigenvalue weighted by Gasteiger charge is 2.03. The van der Waals surface area contributed by atoms with E-state index in [-0.39, 0.29) is 5.91 Å². The molecule has 5 heteroatoms. The van der Waals surface area contributed by atoms with E-state index < -0.39 is 0 Å². The monoisotopic (exact) mass is 384 g/mol. The molecule has 3 nitrogen and oxygen atoms in total. The molecule has 0 aliphatic heterocycles. The van der Waals surface area contributed by atoms with Gasteiger partial charge in [0.15, 0.2) is 0 Å². The van der Waals surface area contributed by atoms with Crippen LogP contribution in [0.2, 0.25) is 5.02 Å². The van der Waals surface area contributed by atoms with Crippen molar-refractivity contribution in [3.05, 3.63) is 68.3 Å². The van der Waals surface area contributed by atoms with Gasteiger partial charge >= 0.3 is 0 Å². The highest BCUT2D eigenvalue weighted by Crippen LogP contribution is 2.10. The Kier molecular flexibility index (Phi) is 4.93. The number of hydrogen-bond acceptors (Lipinski definition) is 2. The number of halogens is 2. The fourth-order valence-corrected chi connectivity index (χ4v) is 1.96. The Morgan fingerprint density at radius 1 is 1.21 bits per heavy atom. The van der Waals surface area contributed by atoms with E-state index in [4.69, 9.17) is 11.6 Å². The van der Waals surface area contributed by atoms with Crippen molar-refractivity contribution in [1.82, 2.24) is 5.43 Å². The Hall–Kier alpha value is -1.40. The number of hydrazone groups is 1. The first-order valence-corrected chi connectivity index (χ1v) is 6.95. The van der Waals surface area contributed by atoms with Gasteiger partial charge in [-0.1, -0.05) is 29.8 Å². The van der Waals surface area contributed by atoms with Crippen LogP contribution in [0.25, 0.3) is 0 Å². The summed E-state index contributed by atoms with van der Waals surface area (Å²) in [6, 6.07) is 14.5. The third-order valence-corrected chi connectivity index (χ3v) is 3.29. The van der Waals surface area contributed by atoms with Crippen LogP contribution in [0.4, 0.5) is 0 Å². The Bertz CT molecular complexity index is 611. The number of amides is 1. The molecule has 2 rings (SSSR count). The molecule has 0 saturated heterocycles. The molecule has 96 valence electrons. The number of nitrogens with zero attached hydrogens (tertiary/aromatic N) is 1. The molecule has 0 aromatic heterocycles. The van der Waals surface area contributed by atoms with Gasteiger partial charge in [-0.3, -0.25) is 4.79 Å². The lowest BCUT2D eigenvalue weighted by Gasteiger charge is -2.00. The second-order valence-electron chi connectivity index (χ2n) is 3.76. The van der Waals surface area contributed by atoms with Gasteiger partial charge in [0.1, 0.15) is 0 Å². The summed E-state index contributed by atoms with van der Waals surface area (Å²) in [6.07, 6.45) is 1.60. The molecule has 0 saturated carbocycles. The predicted molar refractivity (Wildman–Crippen MR) is 85.7 cm³/mol. The van der Waals surface area contributed by atoms with Crippen molar-refractivity contribution in [2.75, 3.05) is 0 Å². The minimum Gasteiger partial charge on any atom is -0.267 e. The van der Waals surface area contributed by atoms with E-state index in [1.807, 2.05) is 24.3 Å². The summed E-state index contributed by atoms with van der Waals surface area (Å²) >= 11 is 8.04. The summed E-state index contributed by atoms with van der Waals surface area (Å²) in [5.74, 6) is -0.288. The summed E-state index contributed by atoms with van der Waals surface area (Å²) in [5.41, 5.74) is 3.86. The van der Waals surface area contributed by atoms with E-state index >= 15 is 0 Å². The SMILES string of the molecule is O=C(N/N=C\c1ccc(I)cc1)c1cccc(Cl)c1. The minimum atomic E-state index is -0.288. The van der Waals surface area contributed by atoms with Crippen molar-refractivity contribution in [3.8, 4) is 0 Å². The van der Waals surface area contributed by atoms with Crippen molar-refractivity contribution in [3.63, 3.8) is 0 Å². The molecule has 0 unspecified atom stereocenters. The first-order valence-electron chi connectivity index (χ1n) is 5.50. The van der Waals surface area contributed by atoms with Gasteiger partial charge in [0, 0.05) is 14.2 Å². The predicted octanol–water partition coefficient (Wildman–Crippen LogP) is 3.71. The Balaban J connectivity index is 1.98. The van der Waals surface area contributed by atoms with Gasteiger partial charge in [0.2, 0.25) is 0 Å². The summed E-state index contributed by atoms with van der Waals surface area (Å²) in [6.45, 7) is 0. The van der Waals surface area contributed by atoms with Crippen LogP contribution in [0.1, 0.15) is 15.9 Å². The van der Waals surface area contributed by atoms with Gasteiger partial charge < -0.3 is 0 Å². The van der Waals surface area contributed by atoms with Crippen LogP contribution in [0.3, 0.4) is 0 Å². The third kappa shape index (κ3) is 4.33. The highest BCUT2D eigenvalue weighted by molar-refractivity contribution is 14.1. The smallest absolute Gasteiger partial charge is 0.267 e. The molecule has 19 heavy (non-hydrogen) atoms. The van der Waals surface area contributed by atoms with Gasteiger partial charge in [-0.2, -0.15) is 5.10 Å². The molecule has 0 spiro atoms. The van der Waals surface area contributed by atoms with E-state index in [1.54, 1.807) is 30.5 Å². The normalized spacial score (nSPS) is 10.6. The van der Waals surface area contributed by atoms with Crippen LogP contribution in [0.5, 0.6) is 0 Å². The van der Waals surface area contributed by atoms with Gasteiger partial charge in [-0.25, -0.2) is 5.43 Å². The molecule has 0 radical (unpaired) electrons. The zero-order valence-electron chi connectivity index (χ0n) is 9.81. The summed E-state index contributed by atoms with van der Waals surface area (Å²) < 4.78 is 1.15. The summed E-state index contributed by atoms with van der Waals surface area (Å²) in [7, 11) is 0. The van der Waals surface area contributed by atoms with Gasteiger partial charge in [0.25, 0.3) is 5.91 Å². The standard InChI is InChI=1S/C14H10ClIN2O/c15-12-3-1-2-11(8-12)14(19)18-17-9-10-4-6-13(16)7-5-10/h1-9H,(H,18,19)/b17-9-. The van der Waals surface area contributed by atoms with E-state index in [1.165, 1.54) is 0 Å². The van der Waals surface area contributed by atoms with Crippen molar-refractivity contribution < 1.29 is 4.79 Å². The van der Waals surface area contributed by atoms with Crippen molar-refractivity contribution >= 4 is 46.3 Å². The van der Waals surface area contributed by atoms with Crippen LogP contribution in [0.15, 0.2) is 53.6 Å². The maximum Gasteiger partial charge on any atom is 0.271 e. The number of carbonyl (C=O) groups excluding carboxylic acids is 1. The molecule has 0 fully saturated rings. The van der Waals surface area contributed by atoms with Crippen molar-refractivity contribution in [1.29, 1.82) is 0 Å². The lowest BCUT2D eigenvalue weighted by Crippen LogP contribution is -2.17. The molecule has 0 bridgehead atoms. The zero-order chi connectivity index (χ0) is 13.7. The largest absolute Gasteiger partial charge is 0.271 e. The maximum atomic E-state index is 11.8. The van der Waals surface area contributed by atoms with Gasteiger partial charge in [0.05, 0.1) is 6.21 Å². The lowest BCUT2D eigenvalue weighted by atomic mass is 10.2. The first kappa shape index (κ1) is 14.0. The number of carbonyl (C=O) groups is 1. The molecule has 0 atom stereocenters. The van der Waals surface area contributed by atoms with E-state index in [0.717, 1.165) is 9.13 Å². The fraction of sp³-hybridized carbons (Fsp3) is 0. The second kappa shape index (κ2) is 6.68. The number of rotatable bonds is 3. The molecule has 1 N–H and O–H groups in total. The molecule has 2 aromatic rings. The van der Waals surface area contributed by atoms with Crippen molar-refractivity contribution in [2.24, 2.45) is 5.10 Å². The second-order valence-corrected chi connectivity index (χ2v) is 5.44. The Morgan fingerprint density at radius 2 is 1.95 bits per heavy atom. The molecule has 0 heterocycles. The average Bonchev–Trinajstić information content (AvgIpc) is 2.41. The van der Waals surface area contributed by atoms with Crippen LogP contribution < -0.4 is 5.43 Å². The molecule has 2 aromatic carbocycles. The van der Waals surface area contributed by atoms with Crippen LogP contribution >= 0.6 is 34.2 Å². The van der Waals surface area contributed by atoms with Gasteiger partial charge in [-0.15, -0.1) is 0 Å². The van der Waals surface area contributed by atoms with E-state index in [0.29, 0.717) is 10.6 Å². The highest BCUT2D eigenvalue weighted by atomic mass is 127. The van der Waals surface area contributed by atoms with Crippen LogP contribution in [0, 0.1) is 3.57 Å². The molecule has 0 aliphatic carbocycles. The first-order chi connectivity index (χ1) is 9.15. The molecular formula is C14H10ClIN2O. The summed E-state index contributed by atoms with van der Waals surface area (Å²) in [4.78, 5) is 11.8. The van der Waals surface area contributed by atoms with Crippen LogP contribution in [-0.4, -0.2) is 12.1 Å². The van der Waals surface area contributed by atoms with E-state index in [9.17, 15) is 4.79 Å². The maximum absolute atomic E-state index is 11.8. The number of nitrogens with one attached hydrogen (secondary N) is 1. The zero-order valence-corrected chi connectivity index (χ0v) is 12.7. The molecular weight excluding hydrogens is 375 g/mol. The average molecular weight is 385 g/mol.